The number of methoxy groups -OCH3 is 1. The van der Waals surface area contributed by atoms with E-state index in [1.165, 1.54) is 19.2 Å². The number of carbonyl (C=O) groups is 1. The largest absolute Gasteiger partial charge is 0.493 e. The van der Waals surface area contributed by atoms with Gasteiger partial charge in [-0.1, -0.05) is 0 Å². The van der Waals surface area contributed by atoms with Crippen LogP contribution in [0.15, 0.2) is 12.1 Å². The van der Waals surface area contributed by atoms with Gasteiger partial charge in [-0.05, 0) is 26.3 Å². The number of hydrogen-bond donors (Lipinski definition) is 2. The van der Waals surface area contributed by atoms with Crippen LogP contribution >= 0.6 is 12.4 Å². The number of halogens is 1. The van der Waals surface area contributed by atoms with Crippen molar-refractivity contribution in [2.75, 3.05) is 26.8 Å². The van der Waals surface area contributed by atoms with Gasteiger partial charge in [0.25, 0.3) is 11.6 Å². The van der Waals surface area contributed by atoms with E-state index in [1.54, 1.807) is 6.92 Å². The molecule has 1 amide bonds. The van der Waals surface area contributed by atoms with Gasteiger partial charge in [-0.3, -0.25) is 14.9 Å². The highest BCUT2D eigenvalue weighted by Crippen LogP contribution is 2.34. The predicted molar refractivity (Wildman–Crippen MR) is 91.4 cm³/mol. The molecule has 0 unspecified atom stereocenters. The first kappa shape index (κ1) is 20.0. The highest BCUT2D eigenvalue weighted by molar-refractivity contribution is 5.99. The van der Waals surface area contributed by atoms with Crippen molar-refractivity contribution in [3.8, 4) is 11.5 Å². The van der Waals surface area contributed by atoms with Crippen LogP contribution in [-0.4, -0.2) is 43.7 Å². The molecule has 1 aliphatic heterocycles. The van der Waals surface area contributed by atoms with Crippen LogP contribution in [-0.2, 0) is 0 Å². The first-order chi connectivity index (χ1) is 11.1. The van der Waals surface area contributed by atoms with E-state index in [-0.39, 0.29) is 35.4 Å². The fourth-order valence-corrected chi connectivity index (χ4v) is 2.55. The second kappa shape index (κ2) is 9.29. The van der Waals surface area contributed by atoms with Crippen LogP contribution in [0.1, 0.15) is 30.1 Å². The fraction of sp³-hybridized carbons (Fsp3) is 0.533. The number of carbonyl (C=O) groups excluding carboxylic acids is 1. The molecule has 1 atom stereocenters. The Morgan fingerprint density at radius 1 is 1.46 bits per heavy atom. The SMILES string of the molecule is CCOc1cc([N+](=O)[O-])c(C(=O)N[C@H]2CCCNC2)cc1OC.Cl. The molecule has 2 rings (SSSR count). The number of piperidine rings is 1. The lowest BCUT2D eigenvalue weighted by Gasteiger charge is -2.23. The summed E-state index contributed by atoms with van der Waals surface area (Å²) in [6.45, 7) is 3.69. The normalized spacial score (nSPS) is 16.7. The second-order valence-electron chi connectivity index (χ2n) is 5.23. The van der Waals surface area contributed by atoms with Gasteiger partial charge in [0.15, 0.2) is 11.5 Å². The summed E-state index contributed by atoms with van der Waals surface area (Å²) in [5, 5.41) is 17.3. The van der Waals surface area contributed by atoms with Crippen molar-refractivity contribution in [3.63, 3.8) is 0 Å². The van der Waals surface area contributed by atoms with Gasteiger partial charge in [0.1, 0.15) is 5.56 Å². The molecule has 1 aromatic rings. The van der Waals surface area contributed by atoms with E-state index < -0.39 is 10.8 Å². The van der Waals surface area contributed by atoms with E-state index in [9.17, 15) is 14.9 Å². The van der Waals surface area contributed by atoms with Crippen LogP contribution in [0, 0.1) is 10.1 Å². The van der Waals surface area contributed by atoms with Crippen molar-refractivity contribution >= 4 is 24.0 Å². The molecule has 1 aliphatic rings. The molecular weight excluding hydrogens is 338 g/mol. The lowest BCUT2D eigenvalue weighted by atomic mass is 10.1. The third-order valence-electron chi connectivity index (χ3n) is 3.66. The van der Waals surface area contributed by atoms with Crippen molar-refractivity contribution in [1.82, 2.24) is 10.6 Å². The molecular formula is C15H22ClN3O5. The van der Waals surface area contributed by atoms with E-state index in [0.29, 0.717) is 18.9 Å². The Morgan fingerprint density at radius 2 is 2.21 bits per heavy atom. The molecule has 0 spiro atoms. The molecule has 0 aliphatic carbocycles. The zero-order valence-electron chi connectivity index (χ0n) is 13.7. The molecule has 0 aromatic heterocycles. The molecule has 2 N–H and O–H groups in total. The molecule has 24 heavy (non-hydrogen) atoms. The minimum absolute atomic E-state index is 0. The van der Waals surface area contributed by atoms with Crippen molar-refractivity contribution in [2.45, 2.75) is 25.8 Å². The Balaban J connectivity index is 0.00000288. The van der Waals surface area contributed by atoms with Crippen molar-refractivity contribution in [3.05, 3.63) is 27.8 Å². The maximum atomic E-state index is 12.4. The van der Waals surface area contributed by atoms with Crippen molar-refractivity contribution in [1.29, 1.82) is 0 Å². The Bertz CT molecular complexity index is 591. The van der Waals surface area contributed by atoms with Gasteiger partial charge in [0, 0.05) is 18.7 Å². The van der Waals surface area contributed by atoms with Crippen LogP contribution in [0.5, 0.6) is 11.5 Å². The van der Waals surface area contributed by atoms with Crippen molar-refractivity contribution < 1.29 is 19.2 Å². The number of hydrogen-bond acceptors (Lipinski definition) is 6. The minimum Gasteiger partial charge on any atom is -0.493 e. The summed E-state index contributed by atoms with van der Waals surface area (Å²) in [7, 11) is 1.43. The van der Waals surface area contributed by atoms with E-state index in [0.717, 1.165) is 19.4 Å². The number of amides is 1. The summed E-state index contributed by atoms with van der Waals surface area (Å²) < 4.78 is 10.5. The molecule has 134 valence electrons. The molecule has 8 nitrogen and oxygen atoms in total. The predicted octanol–water partition coefficient (Wildman–Crippen LogP) is 1.91. The van der Waals surface area contributed by atoms with Crippen LogP contribution in [0.25, 0.3) is 0 Å². The molecule has 9 heteroatoms. The summed E-state index contributed by atoms with van der Waals surface area (Å²) in [5.41, 5.74) is -0.323. The summed E-state index contributed by atoms with van der Waals surface area (Å²) in [6, 6.07) is 2.55. The molecule has 0 radical (unpaired) electrons. The van der Waals surface area contributed by atoms with Crippen LogP contribution in [0.3, 0.4) is 0 Å². The molecule has 1 saturated heterocycles. The van der Waals surface area contributed by atoms with E-state index in [1.807, 2.05) is 0 Å². The number of benzene rings is 1. The van der Waals surface area contributed by atoms with Crippen LogP contribution < -0.4 is 20.1 Å². The van der Waals surface area contributed by atoms with Crippen LogP contribution in [0.2, 0.25) is 0 Å². The summed E-state index contributed by atoms with van der Waals surface area (Å²) in [5.74, 6) is 0.0636. The maximum absolute atomic E-state index is 12.4. The second-order valence-corrected chi connectivity index (χ2v) is 5.23. The van der Waals surface area contributed by atoms with Gasteiger partial charge >= 0.3 is 0 Å². The minimum atomic E-state index is -0.587. The van der Waals surface area contributed by atoms with Gasteiger partial charge in [0.05, 0.1) is 24.7 Å². The lowest BCUT2D eigenvalue weighted by molar-refractivity contribution is -0.385. The fourth-order valence-electron chi connectivity index (χ4n) is 2.55. The van der Waals surface area contributed by atoms with Gasteiger partial charge < -0.3 is 20.1 Å². The molecule has 0 bridgehead atoms. The quantitative estimate of drug-likeness (QED) is 0.594. The highest BCUT2D eigenvalue weighted by Gasteiger charge is 2.26. The molecule has 0 saturated carbocycles. The first-order valence-corrected chi connectivity index (χ1v) is 7.57. The van der Waals surface area contributed by atoms with Crippen molar-refractivity contribution in [2.24, 2.45) is 0 Å². The summed E-state index contributed by atoms with van der Waals surface area (Å²) in [4.78, 5) is 23.1. The summed E-state index contributed by atoms with van der Waals surface area (Å²) in [6.07, 6.45) is 1.81. The number of nitro groups is 1. The monoisotopic (exact) mass is 359 g/mol. The third kappa shape index (κ3) is 4.72. The molecule has 1 aromatic carbocycles. The van der Waals surface area contributed by atoms with Gasteiger partial charge in [-0.25, -0.2) is 0 Å². The average molecular weight is 360 g/mol. The Morgan fingerprint density at radius 3 is 2.75 bits per heavy atom. The average Bonchev–Trinajstić information content (AvgIpc) is 2.55. The standard InChI is InChI=1S/C15H21N3O5.ClH/c1-3-23-14-8-12(18(20)21)11(7-13(14)22-2)15(19)17-10-5-4-6-16-9-10;/h7-8,10,16H,3-6,9H2,1-2H3,(H,17,19);1H/t10-;/m0./s1. The smallest absolute Gasteiger partial charge is 0.286 e. The lowest BCUT2D eigenvalue weighted by Crippen LogP contribution is -2.45. The zero-order chi connectivity index (χ0) is 16.8. The third-order valence-corrected chi connectivity index (χ3v) is 3.66. The van der Waals surface area contributed by atoms with Crippen LogP contribution in [0.4, 0.5) is 5.69 Å². The molecule has 1 heterocycles. The summed E-state index contributed by atoms with van der Waals surface area (Å²) >= 11 is 0. The van der Waals surface area contributed by atoms with Gasteiger partial charge in [-0.2, -0.15) is 0 Å². The number of nitro benzene ring substituents is 1. The van der Waals surface area contributed by atoms with E-state index in [2.05, 4.69) is 10.6 Å². The Hall–Kier alpha value is -2.06. The molecule has 1 fully saturated rings. The number of ether oxygens (including phenoxy) is 2. The number of rotatable bonds is 6. The van der Waals surface area contributed by atoms with Gasteiger partial charge in [0.2, 0.25) is 0 Å². The maximum Gasteiger partial charge on any atom is 0.286 e. The Labute approximate surface area is 146 Å². The first-order valence-electron chi connectivity index (χ1n) is 7.57. The Kier molecular flexibility index (Phi) is 7.73. The number of nitrogens with one attached hydrogen (secondary N) is 2. The van der Waals surface area contributed by atoms with E-state index in [4.69, 9.17) is 9.47 Å². The highest BCUT2D eigenvalue weighted by atomic mass is 35.5. The van der Waals surface area contributed by atoms with Gasteiger partial charge in [-0.15, -0.1) is 12.4 Å². The topological polar surface area (TPSA) is 103 Å². The zero-order valence-corrected chi connectivity index (χ0v) is 14.5. The van der Waals surface area contributed by atoms with E-state index >= 15 is 0 Å². The number of nitrogens with zero attached hydrogens (tertiary/aromatic N) is 1.